The Morgan fingerprint density at radius 2 is 2.23 bits per heavy atom. The third-order valence-corrected chi connectivity index (χ3v) is 4.57. The molecule has 1 aromatic carbocycles. The molecule has 1 atom stereocenters. The smallest absolute Gasteiger partial charge is 0.290 e. The number of furan rings is 1. The summed E-state index contributed by atoms with van der Waals surface area (Å²) >= 11 is 6.15. The normalized spacial score (nSPS) is 18.3. The minimum Gasteiger partial charge on any atom is -0.449 e. The van der Waals surface area contributed by atoms with Crippen LogP contribution in [0, 0.1) is 6.92 Å². The fourth-order valence-corrected chi connectivity index (χ4v) is 3.27. The van der Waals surface area contributed by atoms with Crippen molar-refractivity contribution in [3.63, 3.8) is 0 Å². The topological polar surface area (TPSA) is 59.5 Å². The maximum atomic E-state index is 12.8. The summed E-state index contributed by atoms with van der Waals surface area (Å²) in [7, 11) is 0. The number of carbonyl (C=O) groups is 1. The van der Waals surface area contributed by atoms with E-state index in [0.717, 1.165) is 36.8 Å². The van der Waals surface area contributed by atoms with E-state index >= 15 is 0 Å². The molecule has 0 saturated carbocycles. The number of aryl methyl sites for hydroxylation is 1. The molecule has 3 rings (SSSR count). The van der Waals surface area contributed by atoms with E-state index in [4.69, 9.17) is 21.8 Å². The van der Waals surface area contributed by atoms with Crippen LogP contribution in [0.4, 0.5) is 0 Å². The molecule has 1 aliphatic heterocycles. The number of carbonyl (C=O) groups excluding carboxylic acids is 1. The summed E-state index contributed by atoms with van der Waals surface area (Å²) in [4.78, 5) is 14.7. The molecule has 0 radical (unpaired) electrons. The van der Waals surface area contributed by atoms with E-state index in [-0.39, 0.29) is 24.4 Å². The van der Waals surface area contributed by atoms with Crippen LogP contribution in [0.1, 0.15) is 35.4 Å². The number of likely N-dealkylation sites (tertiary alicyclic amines) is 1. The van der Waals surface area contributed by atoms with Gasteiger partial charge in [0.1, 0.15) is 0 Å². The Morgan fingerprint density at radius 3 is 2.91 bits per heavy atom. The summed E-state index contributed by atoms with van der Waals surface area (Å²) in [6, 6.07) is 5.66. The van der Waals surface area contributed by atoms with Gasteiger partial charge in [0.15, 0.2) is 11.3 Å². The lowest BCUT2D eigenvalue weighted by Crippen LogP contribution is -2.47. The number of para-hydroxylation sites is 1. The molecule has 2 N–H and O–H groups in total. The Balaban J connectivity index is 0.00000176. The highest BCUT2D eigenvalue weighted by Crippen LogP contribution is 2.32. The third-order valence-electron chi connectivity index (χ3n) is 4.27. The molecular weight excluding hydrogens is 323 g/mol. The number of rotatable bonds is 2. The lowest BCUT2D eigenvalue weighted by molar-refractivity contribution is 0.0592. The van der Waals surface area contributed by atoms with Crippen molar-refractivity contribution < 1.29 is 9.21 Å². The van der Waals surface area contributed by atoms with Crippen molar-refractivity contribution in [2.45, 2.75) is 32.2 Å². The molecule has 1 saturated heterocycles. The molecule has 120 valence electrons. The summed E-state index contributed by atoms with van der Waals surface area (Å²) in [6.07, 6.45) is 3.10. The maximum absolute atomic E-state index is 12.8. The van der Waals surface area contributed by atoms with Crippen LogP contribution < -0.4 is 5.73 Å². The van der Waals surface area contributed by atoms with Gasteiger partial charge < -0.3 is 15.1 Å². The van der Waals surface area contributed by atoms with Gasteiger partial charge in [-0.3, -0.25) is 4.79 Å². The summed E-state index contributed by atoms with van der Waals surface area (Å²) in [5, 5.41) is 1.43. The van der Waals surface area contributed by atoms with Crippen LogP contribution >= 0.6 is 24.0 Å². The van der Waals surface area contributed by atoms with Crippen LogP contribution in [0.5, 0.6) is 0 Å². The second-order valence-electron chi connectivity index (χ2n) is 5.56. The van der Waals surface area contributed by atoms with E-state index in [0.29, 0.717) is 22.9 Å². The van der Waals surface area contributed by atoms with Gasteiger partial charge in [0.2, 0.25) is 0 Å². The molecular formula is C16H20Cl2N2O2. The molecule has 0 spiro atoms. The lowest BCUT2D eigenvalue weighted by atomic mass is 10.0. The van der Waals surface area contributed by atoms with Crippen LogP contribution in [0.3, 0.4) is 0 Å². The Labute approximate surface area is 141 Å². The van der Waals surface area contributed by atoms with Gasteiger partial charge in [0, 0.05) is 30.1 Å². The first kappa shape index (κ1) is 17.1. The summed E-state index contributed by atoms with van der Waals surface area (Å²) < 4.78 is 5.77. The first-order valence-corrected chi connectivity index (χ1v) is 7.70. The number of halogens is 2. The lowest BCUT2D eigenvalue weighted by Gasteiger charge is -2.34. The molecule has 1 amide bonds. The summed E-state index contributed by atoms with van der Waals surface area (Å²) in [6.45, 7) is 3.13. The number of hydrogen-bond acceptors (Lipinski definition) is 3. The van der Waals surface area contributed by atoms with E-state index < -0.39 is 0 Å². The largest absolute Gasteiger partial charge is 0.449 e. The summed E-state index contributed by atoms with van der Waals surface area (Å²) in [5.74, 6) is 0.313. The van der Waals surface area contributed by atoms with Crippen molar-refractivity contribution >= 4 is 40.9 Å². The number of amides is 1. The minimum absolute atomic E-state index is 0. The zero-order chi connectivity index (χ0) is 15.0. The number of piperidine rings is 1. The van der Waals surface area contributed by atoms with Crippen molar-refractivity contribution in [2.75, 3.05) is 13.1 Å². The van der Waals surface area contributed by atoms with E-state index in [1.165, 1.54) is 0 Å². The predicted molar refractivity (Wildman–Crippen MR) is 90.9 cm³/mol. The molecule has 1 aliphatic rings. The second kappa shape index (κ2) is 6.90. The van der Waals surface area contributed by atoms with E-state index in [1.54, 1.807) is 6.07 Å². The van der Waals surface area contributed by atoms with Gasteiger partial charge in [-0.05, 0) is 32.3 Å². The molecule has 0 bridgehead atoms. The Hall–Kier alpha value is -1.23. The van der Waals surface area contributed by atoms with Crippen molar-refractivity contribution in [3.05, 3.63) is 34.5 Å². The Kier molecular flexibility index (Phi) is 5.37. The van der Waals surface area contributed by atoms with Gasteiger partial charge in [-0.25, -0.2) is 0 Å². The average Bonchev–Trinajstić information content (AvgIpc) is 2.85. The van der Waals surface area contributed by atoms with Crippen molar-refractivity contribution in [3.8, 4) is 0 Å². The van der Waals surface area contributed by atoms with Crippen molar-refractivity contribution in [2.24, 2.45) is 5.73 Å². The standard InChI is InChI=1S/C16H19ClN2O2.ClH/c1-10-12-6-4-7-13(17)15(12)21-14(10)16(20)19-8-3-2-5-11(19)9-18;/h4,6-7,11H,2-3,5,8-9,18H2,1H3;1H. The number of nitrogens with zero attached hydrogens (tertiary/aromatic N) is 1. The van der Waals surface area contributed by atoms with Crippen LogP contribution in [-0.4, -0.2) is 29.9 Å². The molecule has 1 unspecified atom stereocenters. The number of fused-ring (bicyclic) bond motifs is 1. The van der Waals surface area contributed by atoms with Crippen LogP contribution in [0.25, 0.3) is 11.0 Å². The highest BCUT2D eigenvalue weighted by molar-refractivity contribution is 6.35. The molecule has 1 fully saturated rings. The monoisotopic (exact) mass is 342 g/mol. The average molecular weight is 343 g/mol. The molecule has 2 aromatic rings. The van der Waals surface area contributed by atoms with E-state index in [1.807, 2.05) is 24.0 Å². The predicted octanol–water partition coefficient (Wildman–Crippen LogP) is 3.77. The van der Waals surface area contributed by atoms with Crippen LogP contribution in [0.15, 0.2) is 22.6 Å². The van der Waals surface area contributed by atoms with Gasteiger partial charge in [0.05, 0.1) is 5.02 Å². The highest BCUT2D eigenvalue weighted by atomic mass is 35.5. The van der Waals surface area contributed by atoms with E-state index in [2.05, 4.69) is 0 Å². The quantitative estimate of drug-likeness (QED) is 0.903. The fourth-order valence-electron chi connectivity index (χ4n) is 3.06. The first-order chi connectivity index (χ1) is 10.1. The highest BCUT2D eigenvalue weighted by Gasteiger charge is 2.30. The van der Waals surface area contributed by atoms with Crippen molar-refractivity contribution in [1.29, 1.82) is 0 Å². The van der Waals surface area contributed by atoms with Gasteiger partial charge in [-0.15, -0.1) is 12.4 Å². The zero-order valence-corrected chi connectivity index (χ0v) is 14.0. The Bertz CT molecular complexity index is 684. The third kappa shape index (κ3) is 2.83. The van der Waals surface area contributed by atoms with Gasteiger partial charge in [-0.1, -0.05) is 23.7 Å². The zero-order valence-electron chi connectivity index (χ0n) is 12.5. The van der Waals surface area contributed by atoms with Crippen molar-refractivity contribution in [1.82, 2.24) is 4.90 Å². The molecule has 22 heavy (non-hydrogen) atoms. The molecule has 4 nitrogen and oxygen atoms in total. The molecule has 2 heterocycles. The van der Waals surface area contributed by atoms with E-state index in [9.17, 15) is 4.79 Å². The Morgan fingerprint density at radius 1 is 1.45 bits per heavy atom. The molecule has 6 heteroatoms. The summed E-state index contributed by atoms with van der Waals surface area (Å²) in [5.41, 5.74) is 7.23. The van der Waals surface area contributed by atoms with Crippen LogP contribution in [-0.2, 0) is 0 Å². The maximum Gasteiger partial charge on any atom is 0.290 e. The van der Waals surface area contributed by atoms with Gasteiger partial charge >= 0.3 is 0 Å². The van der Waals surface area contributed by atoms with Gasteiger partial charge in [-0.2, -0.15) is 0 Å². The SMILES string of the molecule is Cc1c(C(=O)N2CCCCC2CN)oc2c(Cl)cccc12.Cl. The minimum atomic E-state index is -0.0742. The molecule has 0 aliphatic carbocycles. The number of nitrogens with two attached hydrogens (primary N) is 1. The van der Waals surface area contributed by atoms with Crippen LogP contribution in [0.2, 0.25) is 5.02 Å². The fraction of sp³-hybridized carbons (Fsp3) is 0.438. The second-order valence-corrected chi connectivity index (χ2v) is 5.96. The first-order valence-electron chi connectivity index (χ1n) is 7.32. The molecule has 1 aromatic heterocycles. The van der Waals surface area contributed by atoms with Gasteiger partial charge in [0.25, 0.3) is 5.91 Å². The number of hydrogen-bond donors (Lipinski definition) is 1. The number of benzene rings is 1.